The lowest BCUT2D eigenvalue weighted by Gasteiger charge is -2.19. The molecule has 0 spiro atoms. The topological polar surface area (TPSA) is 3.24 Å². The first-order valence-corrected chi connectivity index (χ1v) is 6.17. The van der Waals surface area contributed by atoms with Gasteiger partial charge in [0.1, 0.15) is 0 Å². The Morgan fingerprint density at radius 1 is 0.917 bits per heavy atom. The molecular formula is C10H23NS. The van der Waals surface area contributed by atoms with E-state index in [1.807, 2.05) is 11.9 Å². The van der Waals surface area contributed by atoms with Crippen molar-refractivity contribution in [3.05, 3.63) is 0 Å². The van der Waals surface area contributed by atoms with Crippen LogP contribution in [-0.2, 0) is 0 Å². The van der Waals surface area contributed by atoms with Gasteiger partial charge in [-0.3, -0.25) is 4.31 Å². The summed E-state index contributed by atoms with van der Waals surface area (Å²) in [5.74, 6) is 1.22. The molecule has 0 unspecified atom stereocenters. The third-order valence-corrected chi connectivity index (χ3v) is 2.82. The third-order valence-electron chi connectivity index (χ3n) is 1.83. The van der Waals surface area contributed by atoms with Gasteiger partial charge in [0, 0.05) is 18.8 Å². The van der Waals surface area contributed by atoms with Gasteiger partial charge in [-0.1, -0.05) is 45.6 Å². The van der Waals surface area contributed by atoms with E-state index >= 15 is 0 Å². The lowest BCUT2D eigenvalue weighted by Crippen LogP contribution is -2.18. The summed E-state index contributed by atoms with van der Waals surface area (Å²) in [4.78, 5) is 0. The number of hydrogen-bond donors (Lipinski definition) is 0. The van der Waals surface area contributed by atoms with E-state index in [-0.39, 0.29) is 0 Å². The first kappa shape index (κ1) is 12.3. The number of hydrogen-bond acceptors (Lipinski definition) is 2. The second kappa shape index (κ2) is 9.40. The fraction of sp³-hybridized carbons (Fsp3) is 1.00. The SMILES string of the molecule is CCCCN(CCCC)SCC. The molecule has 1 nitrogen and oxygen atoms in total. The molecule has 0 aliphatic carbocycles. The Bertz CT molecular complexity index is 77.9. The van der Waals surface area contributed by atoms with Crippen molar-refractivity contribution in [3.8, 4) is 0 Å². The predicted molar refractivity (Wildman–Crippen MR) is 59.5 cm³/mol. The fourth-order valence-corrected chi connectivity index (χ4v) is 1.97. The van der Waals surface area contributed by atoms with Crippen LogP contribution in [0.4, 0.5) is 0 Å². The maximum atomic E-state index is 2.52. The van der Waals surface area contributed by atoms with Crippen LogP contribution in [0.25, 0.3) is 0 Å². The molecule has 0 aromatic rings. The van der Waals surface area contributed by atoms with Gasteiger partial charge in [0.05, 0.1) is 0 Å². The minimum absolute atomic E-state index is 1.22. The van der Waals surface area contributed by atoms with Crippen molar-refractivity contribution < 1.29 is 0 Å². The summed E-state index contributed by atoms with van der Waals surface area (Å²) in [6.45, 7) is 9.29. The Balaban J connectivity index is 3.40. The van der Waals surface area contributed by atoms with Crippen LogP contribution < -0.4 is 0 Å². The van der Waals surface area contributed by atoms with Crippen molar-refractivity contribution in [2.45, 2.75) is 46.5 Å². The van der Waals surface area contributed by atoms with Gasteiger partial charge in [-0.25, -0.2) is 0 Å². The summed E-state index contributed by atoms with van der Waals surface area (Å²) >= 11 is 1.99. The molecule has 0 heterocycles. The van der Waals surface area contributed by atoms with Gasteiger partial charge in [-0.05, 0) is 12.8 Å². The zero-order valence-electron chi connectivity index (χ0n) is 8.81. The second-order valence-corrected chi connectivity index (χ2v) is 4.41. The van der Waals surface area contributed by atoms with Crippen LogP contribution >= 0.6 is 11.9 Å². The minimum atomic E-state index is 1.22. The van der Waals surface area contributed by atoms with Gasteiger partial charge in [-0.15, -0.1) is 0 Å². The molecule has 0 amide bonds. The maximum Gasteiger partial charge on any atom is 0.00892 e. The minimum Gasteiger partial charge on any atom is -0.251 e. The predicted octanol–water partition coefficient (Wildman–Crippen LogP) is 3.56. The molecule has 74 valence electrons. The van der Waals surface area contributed by atoms with Crippen LogP contribution in [0.5, 0.6) is 0 Å². The van der Waals surface area contributed by atoms with Crippen molar-refractivity contribution >= 4 is 11.9 Å². The molecule has 0 aromatic carbocycles. The third kappa shape index (κ3) is 6.99. The largest absolute Gasteiger partial charge is 0.251 e. The highest BCUT2D eigenvalue weighted by Crippen LogP contribution is 2.11. The van der Waals surface area contributed by atoms with Gasteiger partial charge >= 0.3 is 0 Å². The molecule has 0 aromatic heterocycles. The molecule has 0 fully saturated rings. The molecule has 0 radical (unpaired) electrons. The van der Waals surface area contributed by atoms with Crippen LogP contribution in [-0.4, -0.2) is 23.1 Å². The van der Waals surface area contributed by atoms with E-state index < -0.39 is 0 Å². The monoisotopic (exact) mass is 189 g/mol. The highest BCUT2D eigenvalue weighted by atomic mass is 32.2. The first-order chi connectivity index (χ1) is 5.85. The molecular weight excluding hydrogens is 166 g/mol. The standard InChI is InChI=1S/C10H23NS/c1-4-7-9-11(12-6-3)10-8-5-2/h4-10H2,1-3H3. The van der Waals surface area contributed by atoms with Gasteiger partial charge in [-0.2, -0.15) is 0 Å². The molecule has 0 aliphatic rings. The summed E-state index contributed by atoms with van der Waals surface area (Å²) < 4.78 is 2.52. The fourth-order valence-electron chi connectivity index (χ4n) is 1.09. The molecule has 0 saturated heterocycles. The number of nitrogens with zero attached hydrogens (tertiary/aromatic N) is 1. The summed E-state index contributed by atoms with van der Waals surface area (Å²) in [7, 11) is 0. The lowest BCUT2D eigenvalue weighted by atomic mass is 10.3. The summed E-state index contributed by atoms with van der Waals surface area (Å²) in [5, 5.41) is 0. The van der Waals surface area contributed by atoms with Crippen LogP contribution in [0, 0.1) is 0 Å². The van der Waals surface area contributed by atoms with Gasteiger partial charge in [0.15, 0.2) is 0 Å². The van der Waals surface area contributed by atoms with Crippen molar-refractivity contribution in [2.75, 3.05) is 18.8 Å². The van der Waals surface area contributed by atoms with Crippen LogP contribution in [0.1, 0.15) is 46.5 Å². The number of rotatable bonds is 8. The maximum absolute atomic E-state index is 2.52. The first-order valence-electron chi connectivity index (χ1n) is 5.23. The normalized spacial score (nSPS) is 11.0. The molecule has 0 saturated carbocycles. The molecule has 2 heteroatoms. The van der Waals surface area contributed by atoms with Crippen molar-refractivity contribution in [1.82, 2.24) is 4.31 Å². The Morgan fingerprint density at radius 3 is 1.75 bits per heavy atom. The van der Waals surface area contributed by atoms with Gasteiger partial charge in [0.2, 0.25) is 0 Å². The van der Waals surface area contributed by atoms with E-state index in [0.717, 1.165) is 0 Å². The van der Waals surface area contributed by atoms with Gasteiger partial charge < -0.3 is 0 Å². The highest BCUT2D eigenvalue weighted by Gasteiger charge is 2.01. The van der Waals surface area contributed by atoms with E-state index in [1.54, 1.807) is 0 Å². The van der Waals surface area contributed by atoms with E-state index in [2.05, 4.69) is 25.1 Å². The van der Waals surface area contributed by atoms with E-state index in [0.29, 0.717) is 0 Å². The highest BCUT2D eigenvalue weighted by molar-refractivity contribution is 7.96. The smallest absolute Gasteiger partial charge is 0.00892 e. The zero-order valence-corrected chi connectivity index (χ0v) is 9.62. The average molecular weight is 189 g/mol. The molecule has 0 rings (SSSR count). The Labute approximate surface area is 82.0 Å². The molecule has 0 bridgehead atoms. The van der Waals surface area contributed by atoms with Gasteiger partial charge in [0.25, 0.3) is 0 Å². The van der Waals surface area contributed by atoms with Crippen LogP contribution in [0.3, 0.4) is 0 Å². The van der Waals surface area contributed by atoms with E-state index in [9.17, 15) is 0 Å². The summed E-state index contributed by atoms with van der Waals surface area (Å²) in [6.07, 6.45) is 5.31. The molecule has 0 N–H and O–H groups in total. The zero-order chi connectivity index (χ0) is 9.23. The molecule has 12 heavy (non-hydrogen) atoms. The van der Waals surface area contributed by atoms with Crippen LogP contribution in [0.15, 0.2) is 0 Å². The lowest BCUT2D eigenvalue weighted by molar-refractivity contribution is 0.444. The summed E-state index contributed by atoms with van der Waals surface area (Å²) in [6, 6.07) is 0. The quantitative estimate of drug-likeness (QED) is 0.537. The van der Waals surface area contributed by atoms with E-state index in [4.69, 9.17) is 0 Å². The van der Waals surface area contributed by atoms with Crippen molar-refractivity contribution in [1.29, 1.82) is 0 Å². The van der Waals surface area contributed by atoms with E-state index in [1.165, 1.54) is 44.5 Å². The van der Waals surface area contributed by atoms with Crippen molar-refractivity contribution in [2.24, 2.45) is 0 Å². The van der Waals surface area contributed by atoms with Crippen LogP contribution in [0.2, 0.25) is 0 Å². The molecule has 0 atom stereocenters. The Morgan fingerprint density at radius 2 is 1.42 bits per heavy atom. The number of unbranched alkanes of at least 4 members (excludes halogenated alkanes) is 2. The summed E-state index contributed by atoms with van der Waals surface area (Å²) in [5.41, 5.74) is 0. The van der Waals surface area contributed by atoms with Crippen molar-refractivity contribution in [3.63, 3.8) is 0 Å². The Hall–Kier alpha value is 0.310. The average Bonchev–Trinajstić information content (AvgIpc) is 2.10. The molecule has 0 aliphatic heterocycles. The second-order valence-electron chi connectivity index (χ2n) is 3.05. The Kier molecular flexibility index (Phi) is 9.64.